The lowest BCUT2D eigenvalue weighted by molar-refractivity contribution is 0.0144. The van der Waals surface area contributed by atoms with Crippen molar-refractivity contribution in [2.24, 2.45) is 5.73 Å². The molecule has 0 radical (unpaired) electrons. The lowest BCUT2D eigenvalue weighted by Crippen LogP contribution is -2.29. The van der Waals surface area contributed by atoms with Gasteiger partial charge in [0.2, 0.25) is 0 Å². The topological polar surface area (TPSA) is 58.7 Å². The van der Waals surface area contributed by atoms with Crippen LogP contribution in [-0.4, -0.2) is 50.1 Å². The van der Waals surface area contributed by atoms with Crippen molar-refractivity contribution in [3.8, 4) is 0 Å². The standard InChI is InChI=1S/C7H18N2O2/c1-9(2)4-3-5-11-7(8)6-10/h7,10H,3-6,8H2,1-2H3. The minimum atomic E-state index is -0.517. The van der Waals surface area contributed by atoms with Crippen LogP contribution in [-0.2, 0) is 4.74 Å². The second-order valence-corrected chi connectivity index (χ2v) is 2.75. The molecule has 0 saturated heterocycles. The lowest BCUT2D eigenvalue weighted by atomic mass is 10.4. The van der Waals surface area contributed by atoms with Crippen LogP contribution >= 0.6 is 0 Å². The van der Waals surface area contributed by atoms with E-state index in [1.165, 1.54) is 0 Å². The minimum Gasteiger partial charge on any atom is -0.392 e. The molecular formula is C7H18N2O2. The lowest BCUT2D eigenvalue weighted by Gasteiger charge is -2.12. The molecule has 4 heteroatoms. The highest BCUT2D eigenvalue weighted by Gasteiger charge is 1.98. The highest BCUT2D eigenvalue weighted by molar-refractivity contribution is 4.46. The van der Waals surface area contributed by atoms with Crippen molar-refractivity contribution < 1.29 is 9.84 Å². The number of nitrogens with zero attached hydrogens (tertiary/aromatic N) is 1. The van der Waals surface area contributed by atoms with Crippen LogP contribution in [0.25, 0.3) is 0 Å². The fourth-order valence-electron chi connectivity index (χ4n) is 0.668. The van der Waals surface area contributed by atoms with E-state index in [2.05, 4.69) is 4.90 Å². The third-order valence-electron chi connectivity index (χ3n) is 1.26. The van der Waals surface area contributed by atoms with Crippen LogP contribution in [0.4, 0.5) is 0 Å². The summed E-state index contributed by atoms with van der Waals surface area (Å²) in [6.07, 6.45) is 0.429. The van der Waals surface area contributed by atoms with Crippen molar-refractivity contribution >= 4 is 0 Å². The van der Waals surface area contributed by atoms with E-state index >= 15 is 0 Å². The molecule has 3 N–H and O–H groups in total. The minimum absolute atomic E-state index is 0.109. The molecule has 0 aliphatic heterocycles. The summed E-state index contributed by atoms with van der Waals surface area (Å²) >= 11 is 0. The van der Waals surface area contributed by atoms with Crippen LogP contribution in [0.1, 0.15) is 6.42 Å². The van der Waals surface area contributed by atoms with E-state index in [1.807, 2.05) is 14.1 Å². The van der Waals surface area contributed by atoms with E-state index in [9.17, 15) is 0 Å². The Bertz CT molecular complexity index is 88.5. The fourth-order valence-corrected chi connectivity index (χ4v) is 0.668. The van der Waals surface area contributed by atoms with Gasteiger partial charge in [-0.3, -0.25) is 0 Å². The van der Waals surface area contributed by atoms with Gasteiger partial charge in [-0.05, 0) is 27.1 Å². The van der Waals surface area contributed by atoms with E-state index in [-0.39, 0.29) is 6.61 Å². The molecule has 4 nitrogen and oxygen atoms in total. The predicted octanol–water partition coefficient (Wildman–Crippen LogP) is -0.768. The summed E-state index contributed by atoms with van der Waals surface area (Å²) in [7, 11) is 4.01. The van der Waals surface area contributed by atoms with E-state index in [1.54, 1.807) is 0 Å². The first-order valence-corrected chi connectivity index (χ1v) is 3.79. The molecule has 1 atom stereocenters. The van der Waals surface area contributed by atoms with Gasteiger partial charge in [-0.25, -0.2) is 0 Å². The number of hydrogen-bond acceptors (Lipinski definition) is 4. The Morgan fingerprint density at radius 1 is 1.55 bits per heavy atom. The number of rotatable bonds is 6. The molecule has 1 unspecified atom stereocenters. The number of ether oxygens (including phenoxy) is 1. The van der Waals surface area contributed by atoms with Gasteiger partial charge in [0.05, 0.1) is 6.61 Å². The number of aliphatic hydroxyl groups excluding tert-OH is 1. The molecule has 68 valence electrons. The Morgan fingerprint density at radius 3 is 2.64 bits per heavy atom. The molecule has 0 aliphatic carbocycles. The van der Waals surface area contributed by atoms with E-state index in [0.717, 1.165) is 13.0 Å². The molecule has 0 rings (SSSR count). The van der Waals surface area contributed by atoms with Gasteiger partial charge in [-0.2, -0.15) is 0 Å². The first kappa shape index (κ1) is 10.8. The average molecular weight is 162 g/mol. The number of hydrogen-bond donors (Lipinski definition) is 2. The van der Waals surface area contributed by atoms with Crippen molar-refractivity contribution in [1.82, 2.24) is 4.90 Å². The Labute approximate surface area is 67.9 Å². The molecule has 0 fully saturated rings. The molecule has 0 heterocycles. The van der Waals surface area contributed by atoms with Crippen molar-refractivity contribution in [2.45, 2.75) is 12.6 Å². The highest BCUT2D eigenvalue weighted by atomic mass is 16.5. The SMILES string of the molecule is CN(C)CCCOC(N)CO. The zero-order valence-corrected chi connectivity index (χ0v) is 7.29. The van der Waals surface area contributed by atoms with Gasteiger partial charge in [-0.1, -0.05) is 0 Å². The fraction of sp³-hybridized carbons (Fsp3) is 1.00. The van der Waals surface area contributed by atoms with Gasteiger partial charge in [0, 0.05) is 6.61 Å². The van der Waals surface area contributed by atoms with Crippen LogP contribution in [0.2, 0.25) is 0 Å². The molecule has 0 aromatic carbocycles. The normalized spacial score (nSPS) is 13.9. The van der Waals surface area contributed by atoms with Crippen LogP contribution < -0.4 is 5.73 Å². The molecule has 11 heavy (non-hydrogen) atoms. The number of nitrogens with two attached hydrogens (primary N) is 1. The number of aliphatic hydroxyl groups is 1. The molecule has 0 aromatic heterocycles. The van der Waals surface area contributed by atoms with Gasteiger partial charge in [0.25, 0.3) is 0 Å². The van der Waals surface area contributed by atoms with E-state index in [0.29, 0.717) is 6.61 Å². The summed E-state index contributed by atoms with van der Waals surface area (Å²) in [6, 6.07) is 0. The molecule has 0 bridgehead atoms. The highest BCUT2D eigenvalue weighted by Crippen LogP contribution is 1.87. The smallest absolute Gasteiger partial charge is 0.128 e. The van der Waals surface area contributed by atoms with Crippen LogP contribution in [0.5, 0.6) is 0 Å². The summed E-state index contributed by atoms with van der Waals surface area (Å²) in [5.74, 6) is 0. The molecular weight excluding hydrogens is 144 g/mol. The maximum absolute atomic E-state index is 8.48. The van der Waals surface area contributed by atoms with Crippen molar-refractivity contribution in [2.75, 3.05) is 33.9 Å². The first-order valence-electron chi connectivity index (χ1n) is 3.79. The molecule has 0 spiro atoms. The maximum atomic E-state index is 8.48. The average Bonchev–Trinajstić information content (AvgIpc) is 1.97. The monoisotopic (exact) mass is 162 g/mol. The first-order chi connectivity index (χ1) is 5.16. The Hall–Kier alpha value is -0.160. The van der Waals surface area contributed by atoms with Crippen molar-refractivity contribution in [3.63, 3.8) is 0 Å². The molecule has 0 saturated carbocycles. The second-order valence-electron chi connectivity index (χ2n) is 2.75. The van der Waals surface area contributed by atoms with Gasteiger partial charge >= 0.3 is 0 Å². The van der Waals surface area contributed by atoms with Crippen LogP contribution in [0, 0.1) is 0 Å². The van der Waals surface area contributed by atoms with Gasteiger partial charge in [0.15, 0.2) is 0 Å². The zero-order valence-electron chi connectivity index (χ0n) is 7.29. The van der Waals surface area contributed by atoms with Crippen molar-refractivity contribution in [3.05, 3.63) is 0 Å². The largest absolute Gasteiger partial charge is 0.392 e. The van der Waals surface area contributed by atoms with E-state index < -0.39 is 6.23 Å². The van der Waals surface area contributed by atoms with Crippen molar-refractivity contribution in [1.29, 1.82) is 0 Å². The molecule has 0 amide bonds. The summed E-state index contributed by atoms with van der Waals surface area (Å²) in [6.45, 7) is 1.49. The van der Waals surface area contributed by atoms with Gasteiger partial charge < -0.3 is 20.5 Å². The second kappa shape index (κ2) is 6.54. The quantitative estimate of drug-likeness (QED) is 0.398. The maximum Gasteiger partial charge on any atom is 0.128 e. The predicted molar refractivity (Wildman–Crippen MR) is 44.2 cm³/mol. The van der Waals surface area contributed by atoms with Crippen LogP contribution in [0.15, 0.2) is 0 Å². The Kier molecular flexibility index (Phi) is 6.45. The molecule has 0 aromatic rings. The summed E-state index contributed by atoms with van der Waals surface area (Å²) in [5.41, 5.74) is 5.30. The summed E-state index contributed by atoms with van der Waals surface area (Å²) in [4.78, 5) is 2.08. The molecule has 0 aliphatic rings. The third-order valence-corrected chi connectivity index (χ3v) is 1.26. The summed E-state index contributed by atoms with van der Waals surface area (Å²) in [5, 5.41) is 8.48. The third kappa shape index (κ3) is 7.74. The van der Waals surface area contributed by atoms with Gasteiger partial charge in [0.1, 0.15) is 6.23 Å². The zero-order chi connectivity index (χ0) is 8.69. The van der Waals surface area contributed by atoms with E-state index in [4.69, 9.17) is 15.6 Å². The Balaban J connectivity index is 3.01. The van der Waals surface area contributed by atoms with Crippen LogP contribution in [0.3, 0.4) is 0 Å². The summed E-state index contributed by atoms with van der Waals surface area (Å²) < 4.78 is 5.04. The Morgan fingerprint density at radius 2 is 2.18 bits per heavy atom. The van der Waals surface area contributed by atoms with Gasteiger partial charge in [-0.15, -0.1) is 0 Å².